The van der Waals surface area contributed by atoms with Crippen LogP contribution in [0.4, 0.5) is 0 Å². The number of benzene rings is 2. The minimum atomic E-state index is 0. The lowest BCUT2D eigenvalue weighted by atomic mass is 10.2. The van der Waals surface area contributed by atoms with E-state index in [2.05, 4.69) is 19.2 Å². The molecule has 4 rings (SSSR count). The van der Waals surface area contributed by atoms with Gasteiger partial charge in [-0.05, 0) is 41.1 Å². The largest absolute Gasteiger partial charge is 1.00 e. The van der Waals surface area contributed by atoms with Crippen LogP contribution in [0.15, 0.2) is 60.7 Å². The molecule has 0 aliphatic carbocycles. The highest BCUT2D eigenvalue weighted by Crippen LogP contribution is 2.30. The third-order valence-electron chi connectivity index (χ3n) is 4.26. The van der Waals surface area contributed by atoms with Crippen LogP contribution in [-0.4, -0.2) is 26.3 Å². The van der Waals surface area contributed by atoms with E-state index in [1.807, 2.05) is 82.0 Å². The van der Waals surface area contributed by atoms with Crippen LogP contribution in [0.5, 0.6) is 0 Å². The number of para-hydroxylation sites is 1. The molecule has 2 heterocycles. The number of rotatable bonds is 3. The topological polar surface area (TPSA) is 46.6 Å². The first-order valence-electron chi connectivity index (χ1n) is 8.14. The van der Waals surface area contributed by atoms with Gasteiger partial charge in [0.25, 0.3) is 0 Å². The molecule has 1 N–H and O–H groups in total. The smallest absolute Gasteiger partial charge is 0.339 e. The van der Waals surface area contributed by atoms with Crippen LogP contribution in [0.3, 0.4) is 0 Å². The molecule has 1 aromatic heterocycles. The van der Waals surface area contributed by atoms with E-state index < -0.39 is 0 Å². The summed E-state index contributed by atoms with van der Waals surface area (Å²) in [5.74, 6) is 0.731. The Morgan fingerprint density at radius 3 is 2.24 bits per heavy atom. The SMILES string of the molecule is CC1NC([n+]2nc(-c3ccccc3)nn2-c2ccccc2)SC1C.[Br-]. The molecule has 7 heteroatoms. The highest BCUT2D eigenvalue weighted by molar-refractivity contribution is 8.00. The standard InChI is InChI=1S/C18H20N5S.BrH/c1-13-14(2)24-18(19-13)23-21-17(15-9-5-3-6-10-15)20-22(23)16-11-7-4-8-12-16;/h3-14,18-19H,1-2H3;1H/q+1;/p-1. The molecule has 1 aliphatic rings. The fourth-order valence-electron chi connectivity index (χ4n) is 2.73. The maximum atomic E-state index is 4.79. The molecule has 2 aromatic carbocycles. The van der Waals surface area contributed by atoms with Gasteiger partial charge in [0, 0.05) is 16.1 Å². The van der Waals surface area contributed by atoms with E-state index in [0.29, 0.717) is 11.3 Å². The van der Waals surface area contributed by atoms with E-state index in [-0.39, 0.29) is 22.5 Å². The van der Waals surface area contributed by atoms with Gasteiger partial charge in [-0.25, -0.2) is 0 Å². The Hall–Kier alpha value is -1.70. The van der Waals surface area contributed by atoms with Gasteiger partial charge in [-0.1, -0.05) is 55.1 Å². The van der Waals surface area contributed by atoms with Crippen molar-refractivity contribution >= 4 is 11.8 Å². The van der Waals surface area contributed by atoms with E-state index in [4.69, 9.17) is 10.2 Å². The lowest BCUT2D eigenvalue weighted by molar-refractivity contribution is -0.826. The lowest BCUT2D eigenvalue weighted by Crippen LogP contribution is -3.00. The quantitative estimate of drug-likeness (QED) is 0.599. The van der Waals surface area contributed by atoms with E-state index in [1.54, 1.807) is 0 Å². The first kappa shape index (κ1) is 18.1. The highest BCUT2D eigenvalue weighted by Gasteiger charge is 2.37. The number of tetrazole rings is 1. The molecule has 3 atom stereocenters. The zero-order chi connectivity index (χ0) is 16.5. The Morgan fingerprint density at radius 2 is 1.64 bits per heavy atom. The van der Waals surface area contributed by atoms with Crippen molar-refractivity contribution in [2.45, 2.75) is 30.6 Å². The average molecular weight is 418 g/mol. The fraction of sp³-hybridized carbons (Fsp3) is 0.278. The Bertz CT molecular complexity index is 814. The van der Waals surface area contributed by atoms with Crippen molar-refractivity contribution in [1.82, 2.24) is 20.3 Å². The van der Waals surface area contributed by atoms with Crippen LogP contribution in [0, 0.1) is 0 Å². The molecule has 1 fully saturated rings. The lowest BCUT2D eigenvalue weighted by Gasteiger charge is -2.07. The Balaban J connectivity index is 0.00000182. The number of hydrogen-bond acceptors (Lipinski definition) is 4. The van der Waals surface area contributed by atoms with Gasteiger partial charge in [0.2, 0.25) is 5.50 Å². The van der Waals surface area contributed by atoms with Crippen LogP contribution < -0.4 is 27.1 Å². The molecular weight excluding hydrogens is 398 g/mol. The summed E-state index contributed by atoms with van der Waals surface area (Å²) in [6.45, 7) is 4.45. The minimum absolute atomic E-state index is 0. The number of halogens is 1. The second kappa shape index (κ2) is 7.68. The van der Waals surface area contributed by atoms with Crippen LogP contribution >= 0.6 is 11.8 Å². The summed E-state index contributed by atoms with van der Waals surface area (Å²) < 4.78 is 0. The second-order valence-corrected chi connectivity index (χ2v) is 7.45. The van der Waals surface area contributed by atoms with Gasteiger partial charge in [-0.3, -0.25) is 5.32 Å². The van der Waals surface area contributed by atoms with Gasteiger partial charge in [0.05, 0.1) is 10.7 Å². The number of nitrogens with zero attached hydrogens (tertiary/aromatic N) is 4. The van der Waals surface area contributed by atoms with E-state index in [0.717, 1.165) is 17.1 Å². The summed E-state index contributed by atoms with van der Waals surface area (Å²) in [5.41, 5.74) is 2.09. The summed E-state index contributed by atoms with van der Waals surface area (Å²) >= 11 is 1.87. The predicted octanol–water partition coefficient (Wildman–Crippen LogP) is -0.205. The normalized spacial score (nSPS) is 22.6. The minimum Gasteiger partial charge on any atom is -1.00 e. The number of nitrogens with one attached hydrogen (secondary N) is 1. The monoisotopic (exact) mass is 417 g/mol. The molecule has 5 nitrogen and oxygen atoms in total. The summed E-state index contributed by atoms with van der Waals surface area (Å²) in [6.07, 6.45) is 0. The van der Waals surface area contributed by atoms with Crippen molar-refractivity contribution in [3.63, 3.8) is 0 Å². The third kappa shape index (κ3) is 3.63. The molecule has 1 saturated heterocycles. The van der Waals surface area contributed by atoms with Crippen LogP contribution in [-0.2, 0) is 0 Å². The van der Waals surface area contributed by atoms with Crippen molar-refractivity contribution in [3.8, 4) is 17.1 Å². The van der Waals surface area contributed by atoms with Crippen molar-refractivity contribution in [1.29, 1.82) is 0 Å². The van der Waals surface area contributed by atoms with E-state index in [9.17, 15) is 0 Å². The number of hydrogen-bond donors (Lipinski definition) is 1. The van der Waals surface area contributed by atoms with Gasteiger partial charge in [-0.15, -0.1) is 0 Å². The summed E-state index contributed by atoms with van der Waals surface area (Å²) in [6, 6.07) is 20.7. The summed E-state index contributed by atoms with van der Waals surface area (Å²) in [7, 11) is 0. The molecule has 0 saturated carbocycles. The maximum absolute atomic E-state index is 4.79. The summed E-state index contributed by atoms with van der Waals surface area (Å²) in [4.78, 5) is 3.83. The summed E-state index contributed by atoms with van der Waals surface area (Å²) in [5, 5.41) is 13.7. The maximum Gasteiger partial charge on any atom is 0.339 e. The van der Waals surface area contributed by atoms with Gasteiger partial charge < -0.3 is 17.0 Å². The first-order chi connectivity index (χ1) is 11.7. The fourth-order valence-corrected chi connectivity index (χ4v) is 3.99. The molecule has 25 heavy (non-hydrogen) atoms. The van der Waals surface area contributed by atoms with Crippen LogP contribution in [0.25, 0.3) is 17.1 Å². The zero-order valence-corrected chi connectivity index (χ0v) is 16.5. The van der Waals surface area contributed by atoms with Crippen LogP contribution in [0.1, 0.15) is 19.3 Å². The molecule has 1 aliphatic heterocycles. The van der Waals surface area contributed by atoms with Gasteiger partial charge in [-0.2, -0.15) is 0 Å². The molecule has 0 amide bonds. The Morgan fingerprint density at radius 1 is 1.00 bits per heavy atom. The molecule has 130 valence electrons. The molecule has 3 aromatic rings. The van der Waals surface area contributed by atoms with Crippen LogP contribution in [0.2, 0.25) is 0 Å². The van der Waals surface area contributed by atoms with E-state index >= 15 is 0 Å². The van der Waals surface area contributed by atoms with Crippen molar-refractivity contribution in [2.24, 2.45) is 0 Å². The molecule has 3 unspecified atom stereocenters. The van der Waals surface area contributed by atoms with Gasteiger partial charge in [0.15, 0.2) is 0 Å². The predicted molar refractivity (Wildman–Crippen MR) is 95.7 cm³/mol. The zero-order valence-electron chi connectivity index (χ0n) is 14.1. The molecule has 0 spiro atoms. The van der Waals surface area contributed by atoms with Gasteiger partial charge >= 0.3 is 5.82 Å². The van der Waals surface area contributed by atoms with Crippen molar-refractivity contribution in [2.75, 3.05) is 0 Å². The van der Waals surface area contributed by atoms with E-state index in [1.165, 1.54) is 0 Å². The Labute approximate surface area is 162 Å². The number of thioether (sulfide) groups is 1. The molecule has 0 bridgehead atoms. The first-order valence-corrected chi connectivity index (χ1v) is 9.08. The van der Waals surface area contributed by atoms with Crippen molar-refractivity contribution < 1.29 is 21.8 Å². The second-order valence-electron chi connectivity index (χ2n) is 5.98. The highest BCUT2D eigenvalue weighted by atomic mass is 79.9. The Kier molecular flexibility index (Phi) is 5.56. The van der Waals surface area contributed by atoms with Gasteiger partial charge in [0.1, 0.15) is 5.69 Å². The molecule has 0 radical (unpaired) electrons. The molecular formula is C18H20BrN5S. The van der Waals surface area contributed by atoms with Crippen molar-refractivity contribution in [3.05, 3.63) is 60.7 Å². The number of aromatic nitrogens is 4. The average Bonchev–Trinajstić information content (AvgIpc) is 3.21. The third-order valence-corrected chi connectivity index (χ3v) is 5.68.